The van der Waals surface area contributed by atoms with Crippen LogP contribution in [-0.4, -0.2) is 12.6 Å². The standard InChI is InChI=1S/C16H23NO/c1-3-14-16(17-4-2)13-9-11-7-5-6-8-12(11)10-15(13)18-14/h9-10,14,16-17H,3-8H2,1-2H3. The third kappa shape index (κ3) is 1.93. The quantitative estimate of drug-likeness (QED) is 0.881. The number of rotatable bonds is 3. The van der Waals surface area contributed by atoms with Crippen molar-refractivity contribution >= 4 is 0 Å². The maximum atomic E-state index is 6.12. The molecule has 18 heavy (non-hydrogen) atoms. The van der Waals surface area contributed by atoms with E-state index >= 15 is 0 Å². The molecule has 1 N–H and O–H groups in total. The number of hydrogen-bond acceptors (Lipinski definition) is 2. The Labute approximate surface area is 110 Å². The van der Waals surface area contributed by atoms with Crippen LogP contribution in [0.5, 0.6) is 5.75 Å². The number of ether oxygens (including phenoxy) is 1. The van der Waals surface area contributed by atoms with Crippen molar-refractivity contribution in [1.82, 2.24) is 5.32 Å². The first-order valence-electron chi connectivity index (χ1n) is 7.39. The lowest BCUT2D eigenvalue weighted by Crippen LogP contribution is -2.30. The summed E-state index contributed by atoms with van der Waals surface area (Å²) in [5.41, 5.74) is 4.47. The molecule has 2 heteroatoms. The van der Waals surface area contributed by atoms with Crippen molar-refractivity contribution in [2.75, 3.05) is 6.54 Å². The van der Waals surface area contributed by atoms with Crippen molar-refractivity contribution in [1.29, 1.82) is 0 Å². The molecule has 1 aromatic carbocycles. The summed E-state index contributed by atoms with van der Waals surface area (Å²) < 4.78 is 6.12. The van der Waals surface area contributed by atoms with Crippen LogP contribution in [-0.2, 0) is 12.8 Å². The maximum Gasteiger partial charge on any atom is 0.125 e. The maximum absolute atomic E-state index is 6.12. The molecule has 0 fully saturated rings. The SMILES string of the molecule is CCNC1c2cc3c(cc2OC1CC)CCCC3. The minimum absolute atomic E-state index is 0.309. The van der Waals surface area contributed by atoms with Gasteiger partial charge in [0.05, 0.1) is 6.04 Å². The number of nitrogens with one attached hydrogen (secondary N) is 1. The Morgan fingerprint density at radius 1 is 1.17 bits per heavy atom. The highest BCUT2D eigenvalue weighted by atomic mass is 16.5. The van der Waals surface area contributed by atoms with Crippen LogP contribution in [0.3, 0.4) is 0 Å². The van der Waals surface area contributed by atoms with Gasteiger partial charge in [0.25, 0.3) is 0 Å². The fourth-order valence-corrected chi connectivity index (χ4v) is 3.34. The first kappa shape index (κ1) is 12.0. The Morgan fingerprint density at radius 3 is 2.56 bits per heavy atom. The summed E-state index contributed by atoms with van der Waals surface area (Å²) in [5, 5.41) is 3.58. The second-order valence-corrected chi connectivity index (χ2v) is 5.47. The summed E-state index contributed by atoms with van der Waals surface area (Å²) in [6, 6.07) is 5.11. The lowest BCUT2D eigenvalue weighted by Gasteiger charge is -2.19. The zero-order valence-corrected chi connectivity index (χ0v) is 11.5. The summed E-state index contributed by atoms with van der Waals surface area (Å²) in [6.07, 6.45) is 6.53. The molecule has 0 saturated carbocycles. The number of fused-ring (bicyclic) bond motifs is 2. The van der Waals surface area contributed by atoms with Gasteiger partial charge in [-0.2, -0.15) is 0 Å². The molecule has 1 aliphatic carbocycles. The largest absolute Gasteiger partial charge is 0.488 e. The molecule has 0 aromatic heterocycles. The molecule has 2 nitrogen and oxygen atoms in total. The molecule has 1 heterocycles. The van der Waals surface area contributed by atoms with E-state index in [1.807, 2.05) is 0 Å². The predicted molar refractivity (Wildman–Crippen MR) is 74.2 cm³/mol. The van der Waals surface area contributed by atoms with Crippen LogP contribution < -0.4 is 10.1 Å². The zero-order chi connectivity index (χ0) is 12.5. The molecule has 0 saturated heterocycles. The summed E-state index contributed by atoms with van der Waals surface area (Å²) >= 11 is 0. The van der Waals surface area contributed by atoms with Gasteiger partial charge in [-0.25, -0.2) is 0 Å². The zero-order valence-electron chi connectivity index (χ0n) is 11.5. The smallest absolute Gasteiger partial charge is 0.125 e. The van der Waals surface area contributed by atoms with Crippen LogP contribution >= 0.6 is 0 Å². The Balaban J connectivity index is 1.98. The van der Waals surface area contributed by atoms with Crippen LogP contribution in [0.4, 0.5) is 0 Å². The summed E-state index contributed by atoms with van der Waals surface area (Å²) in [6.45, 7) is 5.38. The van der Waals surface area contributed by atoms with Crippen LogP contribution in [0.15, 0.2) is 12.1 Å². The average molecular weight is 245 g/mol. The van der Waals surface area contributed by atoms with Crippen LogP contribution in [0, 0.1) is 0 Å². The van der Waals surface area contributed by atoms with Crippen LogP contribution in [0.2, 0.25) is 0 Å². The van der Waals surface area contributed by atoms with Crippen molar-refractivity contribution in [3.8, 4) is 5.75 Å². The highest BCUT2D eigenvalue weighted by molar-refractivity contribution is 5.48. The van der Waals surface area contributed by atoms with Gasteiger partial charge < -0.3 is 10.1 Å². The molecule has 2 atom stereocenters. The van der Waals surface area contributed by atoms with Gasteiger partial charge in [0.15, 0.2) is 0 Å². The van der Waals surface area contributed by atoms with E-state index in [1.54, 1.807) is 5.56 Å². The molecule has 1 aliphatic heterocycles. The van der Waals surface area contributed by atoms with Gasteiger partial charge in [0.1, 0.15) is 11.9 Å². The Hall–Kier alpha value is -1.02. The van der Waals surface area contributed by atoms with Crippen molar-refractivity contribution in [2.45, 2.75) is 58.1 Å². The van der Waals surface area contributed by atoms with Gasteiger partial charge in [0.2, 0.25) is 0 Å². The van der Waals surface area contributed by atoms with E-state index < -0.39 is 0 Å². The van der Waals surface area contributed by atoms with E-state index in [1.165, 1.54) is 36.8 Å². The molecule has 1 aromatic rings. The highest BCUT2D eigenvalue weighted by Crippen LogP contribution is 2.41. The Kier molecular flexibility index (Phi) is 3.29. The van der Waals surface area contributed by atoms with Crippen molar-refractivity contribution < 1.29 is 4.74 Å². The topological polar surface area (TPSA) is 21.3 Å². The van der Waals surface area contributed by atoms with Gasteiger partial charge in [0, 0.05) is 5.56 Å². The summed E-state index contributed by atoms with van der Waals surface area (Å²) in [5.74, 6) is 1.13. The Morgan fingerprint density at radius 2 is 1.89 bits per heavy atom. The lowest BCUT2D eigenvalue weighted by molar-refractivity contribution is 0.186. The molecular weight excluding hydrogens is 222 g/mol. The van der Waals surface area contributed by atoms with E-state index in [2.05, 4.69) is 31.3 Å². The van der Waals surface area contributed by atoms with Crippen molar-refractivity contribution in [3.63, 3.8) is 0 Å². The van der Waals surface area contributed by atoms with E-state index in [-0.39, 0.29) is 0 Å². The predicted octanol–water partition coefficient (Wildman–Crippen LogP) is 3.39. The van der Waals surface area contributed by atoms with Crippen LogP contribution in [0.25, 0.3) is 0 Å². The normalized spacial score (nSPS) is 25.4. The molecular formula is C16H23NO. The average Bonchev–Trinajstić information content (AvgIpc) is 2.74. The van der Waals surface area contributed by atoms with Gasteiger partial charge in [-0.15, -0.1) is 0 Å². The summed E-state index contributed by atoms with van der Waals surface area (Å²) in [7, 11) is 0. The summed E-state index contributed by atoms with van der Waals surface area (Å²) in [4.78, 5) is 0. The molecule has 98 valence electrons. The fraction of sp³-hybridized carbons (Fsp3) is 0.625. The number of aryl methyl sites for hydroxylation is 2. The Bertz CT molecular complexity index is 441. The first-order chi connectivity index (χ1) is 8.83. The van der Waals surface area contributed by atoms with Gasteiger partial charge >= 0.3 is 0 Å². The number of likely N-dealkylation sites (N-methyl/N-ethyl adjacent to an activating group) is 1. The van der Waals surface area contributed by atoms with Gasteiger partial charge in [-0.05, 0) is 55.8 Å². The second-order valence-electron chi connectivity index (χ2n) is 5.47. The van der Waals surface area contributed by atoms with Crippen LogP contribution in [0.1, 0.15) is 55.8 Å². The molecule has 0 bridgehead atoms. The fourth-order valence-electron chi connectivity index (χ4n) is 3.34. The van der Waals surface area contributed by atoms with E-state index in [0.717, 1.165) is 18.7 Å². The molecule has 2 aliphatic rings. The lowest BCUT2D eigenvalue weighted by atomic mass is 9.88. The molecule has 0 spiro atoms. The molecule has 2 unspecified atom stereocenters. The van der Waals surface area contributed by atoms with E-state index in [4.69, 9.17) is 4.74 Å². The third-order valence-corrected chi connectivity index (χ3v) is 4.29. The monoisotopic (exact) mass is 245 g/mol. The van der Waals surface area contributed by atoms with E-state index in [0.29, 0.717) is 12.1 Å². The first-order valence-corrected chi connectivity index (χ1v) is 7.39. The van der Waals surface area contributed by atoms with E-state index in [9.17, 15) is 0 Å². The molecule has 0 amide bonds. The van der Waals surface area contributed by atoms with Gasteiger partial charge in [-0.1, -0.05) is 19.9 Å². The second kappa shape index (κ2) is 4.93. The minimum Gasteiger partial charge on any atom is -0.488 e. The van der Waals surface area contributed by atoms with Crippen molar-refractivity contribution in [3.05, 3.63) is 28.8 Å². The molecule has 3 rings (SSSR count). The third-order valence-electron chi connectivity index (χ3n) is 4.29. The highest BCUT2D eigenvalue weighted by Gasteiger charge is 2.33. The molecule has 0 radical (unpaired) electrons. The number of benzene rings is 1. The van der Waals surface area contributed by atoms with Crippen molar-refractivity contribution in [2.24, 2.45) is 0 Å². The van der Waals surface area contributed by atoms with Gasteiger partial charge in [-0.3, -0.25) is 0 Å². The number of hydrogen-bond donors (Lipinski definition) is 1. The minimum atomic E-state index is 0.309.